The summed E-state index contributed by atoms with van der Waals surface area (Å²) in [5, 5.41) is 2.24. The molecule has 0 fully saturated rings. The summed E-state index contributed by atoms with van der Waals surface area (Å²) in [6.45, 7) is 4.24. The molecule has 0 saturated heterocycles. The van der Waals surface area contributed by atoms with E-state index in [2.05, 4.69) is 37.0 Å². The zero-order valence-corrected chi connectivity index (χ0v) is 9.40. The molecule has 2 aromatic heterocycles. The van der Waals surface area contributed by atoms with Gasteiger partial charge in [-0.05, 0) is 18.2 Å². The van der Waals surface area contributed by atoms with Crippen LogP contribution in [-0.2, 0) is 0 Å². The van der Waals surface area contributed by atoms with Gasteiger partial charge in [0.05, 0.1) is 5.52 Å². The zero-order chi connectivity index (χ0) is 11.1. The lowest BCUT2D eigenvalue weighted by Gasteiger charge is -1.96. The predicted octanol–water partition coefficient (Wildman–Crippen LogP) is 4.10. The van der Waals surface area contributed by atoms with Crippen LogP contribution >= 0.6 is 0 Å². The number of hydrogen-bond acceptors (Lipinski definition) is 2. The first kappa shape index (κ1) is 9.40. The Morgan fingerprint density at radius 3 is 2.69 bits per heavy atom. The predicted molar refractivity (Wildman–Crippen MR) is 65.6 cm³/mol. The average Bonchev–Trinajstić information content (AvgIpc) is 2.68. The molecule has 0 aliphatic rings. The molecular weight excluding hydrogens is 198 g/mol. The first-order chi connectivity index (χ1) is 7.74. The van der Waals surface area contributed by atoms with Gasteiger partial charge in [0.25, 0.3) is 0 Å². The van der Waals surface area contributed by atoms with Gasteiger partial charge >= 0.3 is 0 Å². The van der Waals surface area contributed by atoms with Crippen LogP contribution in [0, 0.1) is 0 Å². The Bertz CT molecular complexity index is 599. The normalized spacial score (nSPS) is 11.7. The fraction of sp³-hybridized carbons (Fsp3) is 0.214. The fourth-order valence-corrected chi connectivity index (χ4v) is 1.88. The van der Waals surface area contributed by atoms with Gasteiger partial charge in [-0.15, -0.1) is 0 Å². The average molecular weight is 211 g/mol. The Hall–Kier alpha value is -1.83. The number of rotatable bonds is 1. The van der Waals surface area contributed by atoms with Crippen molar-refractivity contribution in [2.45, 2.75) is 19.8 Å². The molecule has 2 nitrogen and oxygen atoms in total. The minimum atomic E-state index is 0.400. The summed E-state index contributed by atoms with van der Waals surface area (Å²) in [6.07, 6.45) is 0. The first-order valence-electron chi connectivity index (χ1n) is 5.53. The minimum Gasteiger partial charge on any atom is -0.442 e. The van der Waals surface area contributed by atoms with Gasteiger partial charge in [-0.25, -0.2) is 4.98 Å². The number of pyridine rings is 1. The molecule has 16 heavy (non-hydrogen) atoms. The second kappa shape index (κ2) is 3.34. The van der Waals surface area contributed by atoms with E-state index in [4.69, 9.17) is 4.42 Å². The van der Waals surface area contributed by atoms with Crippen molar-refractivity contribution < 1.29 is 4.42 Å². The van der Waals surface area contributed by atoms with Crippen molar-refractivity contribution in [3.63, 3.8) is 0 Å². The summed E-state index contributed by atoms with van der Waals surface area (Å²) in [5.41, 5.74) is 1.72. The third-order valence-electron chi connectivity index (χ3n) is 2.80. The summed E-state index contributed by atoms with van der Waals surface area (Å²) in [5.74, 6) is 1.40. The number of benzene rings is 1. The largest absolute Gasteiger partial charge is 0.442 e. The summed E-state index contributed by atoms with van der Waals surface area (Å²) in [6, 6.07) is 12.3. The fourth-order valence-electron chi connectivity index (χ4n) is 1.88. The van der Waals surface area contributed by atoms with Gasteiger partial charge in [0.2, 0.25) is 5.71 Å². The topological polar surface area (TPSA) is 26.0 Å². The van der Waals surface area contributed by atoms with E-state index in [9.17, 15) is 0 Å². The van der Waals surface area contributed by atoms with Crippen molar-refractivity contribution in [2.75, 3.05) is 0 Å². The van der Waals surface area contributed by atoms with E-state index in [0.717, 1.165) is 27.8 Å². The standard InChI is InChI=1S/C14H13NO/c1-9(2)13-8-11-7-10-5-3-4-6-12(10)15-14(11)16-13/h3-9H,1-2H3. The van der Waals surface area contributed by atoms with Gasteiger partial charge in [0.1, 0.15) is 5.76 Å². The van der Waals surface area contributed by atoms with E-state index in [1.807, 2.05) is 18.2 Å². The molecule has 2 heteroatoms. The SMILES string of the molecule is CC(C)c1cc2cc3ccccc3nc2o1. The van der Waals surface area contributed by atoms with Gasteiger partial charge in [-0.1, -0.05) is 32.0 Å². The van der Waals surface area contributed by atoms with Crippen molar-refractivity contribution in [3.05, 3.63) is 42.2 Å². The Morgan fingerprint density at radius 2 is 1.88 bits per heavy atom. The highest BCUT2D eigenvalue weighted by Gasteiger charge is 2.08. The van der Waals surface area contributed by atoms with Crippen molar-refractivity contribution in [2.24, 2.45) is 0 Å². The number of furan rings is 1. The van der Waals surface area contributed by atoms with Crippen LogP contribution in [0.15, 0.2) is 40.8 Å². The lowest BCUT2D eigenvalue weighted by molar-refractivity contribution is 0.514. The molecule has 0 unspecified atom stereocenters. The van der Waals surface area contributed by atoms with Crippen molar-refractivity contribution in [1.29, 1.82) is 0 Å². The van der Waals surface area contributed by atoms with Crippen LogP contribution < -0.4 is 0 Å². The van der Waals surface area contributed by atoms with Crippen LogP contribution in [0.1, 0.15) is 25.5 Å². The molecule has 0 atom stereocenters. The highest BCUT2D eigenvalue weighted by Crippen LogP contribution is 2.26. The van der Waals surface area contributed by atoms with Crippen LogP contribution in [0.5, 0.6) is 0 Å². The van der Waals surface area contributed by atoms with Crippen LogP contribution in [-0.4, -0.2) is 4.98 Å². The molecule has 0 aliphatic heterocycles. The number of aromatic nitrogens is 1. The lowest BCUT2D eigenvalue weighted by atomic mass is 10.1. The van der Waals surface area contributed by atoms with Gasteiger partial charge in [-0.2, -0.15) is 0 Å². The molecular formula is C14H13NO. The maximum Gasteiger partial charge on any atom is 0.226 e. The molecule has 0 N–H and O–H groups in total. The number of fused-ring (bicyclic) bond motifs is 2. The van der Waals surface area contributed by atoms with Crippen LogP contribution in [0.4, 0.5) is 0 Å². The van der Waals surface area contributed by atoms with Gasteiger partial charge in [0, 0.05) is 16.7 Å². The van der Waals surface area contributed by atoms with E-state index in [1.54, 1.807) is 0 Å². The molecule has 3 aromatic rings. The molecule has 0 aliphatic carbocycles. The van der Waals surface area contributed by atoms with Gasteiger partial charge < -0.3 is 4.42 Å². The summed E-state index contributed by atoms with van der Waals surface area (Å²) >= 11 is 0. The lowest BCUT2D eigenvalue weighted by Crippen LogP contribution is -1.80. The second-order valence-corrected chi connectivity index (χ2v) is 4.38. The van der Waals surface area contributed by atoms with E-state index in [0.29, 0.717) is 5.92 Å². The highest BCUT2D eigenvalue weighted by molar-refractivity contribution is 5.90. The van der Waals surface area contributed by atoms with Crippen molar-refractivity contribution in [3.8, 4) is 0 Å². The Morgan fingerprint density at radius 1 is 1.06 bits per heavy atom. The molecule has 3 rings (SSSR count). The quantitative estimate of drug-likeness (QED) is 0.605. The monoisotopic (exact) mass is 211 g/mol. The Kier molecular flexibility index (Phi) is 1.96. The molecule has 1 aromatic carbocycles. The zero-order valence-electron chi connectivity index (χ0n) is 9.40. The molecule has 0 saturated carbocycles. The summed E-state index contributed by atoms with van der Waals surface area (Å²) in [4.78, 5) is 4.51. The number of nitrogens with zero attached hydrogens (tertiary/aromatic N) is 1. The summed E-state index contributed by atoms with van der Waals surface area (Å²) < 4.78 is 5.73. The van der Waals surface area contributed by atoms with Crippen LogP contribution in [0.25, 0.3) is 22.0 Å². The Labute approximate surface area is 93.9 Å². The van der Waals surface area contributed by atoms with Crippen molar-refractivity contribution in [1.82, 2.24) is 4.98 Å². The number of hydrogen-bond donors (Lipinski definition) is 0. The maximum atomic E-state index is 5.73. The minimum absolute atomic E-state index is 0.400. The second-order valence-electron chi connectivity index (χ2n) is 4.38. The maximum absolute atomic E-state index is 5.73. The third kappa shape index (κ3) is 1.38. The smallest absolute Gasteiger partial charge is 0.226 e. The molecule has 80 valence electrons. The molecule has 0 amide bonds. The number of para-hydroxylation sites is 1. The highest BCUT2D eigenvalue weighted by atomic mass is 16.3. The van der Waals surface area contributed by atoms with Crippen LogP contribution in [0.3, 0.4) is 0 Å². The molecule has 0 spiro atoms. The van der Waals surface area contributed by atoms with E-state index in [-0.39, 0.29) is 0 Å². The third-order valence-corrected chi connectivity index (χ3v) is 2.80. The van der Waals surface area contributed by atoms with Crippen molar-refractivity contribution >= 4 is 22.0 Å². The van der Waals surface area contributed by atoms with E-state index >= 15 is 0 Å². The molecule has 0 radical (unpaired) electrons. The van der Waals surface area contributed by atoms with E-state index < -0.39 is 0 Å². The Balaban J connectivity index is 2.34. The first-order valence-corrected chi connectivity index (χ1v) is 5.53. The van der Waals surface area contributed by atoms with Crippen LogP contribution in [0.2, 0.25) is 0 Å². The van der Waals surface area contributed by atoms with E-state index in [1.165, 1.54) is 0 Å². The van der Waals surface area contributed by atoms with Gasteiger partial charge in [-0.3, -0.25) is 0 Å². The van der Waals surface area contributed by atoms with Gasteiger partial charge in [0.15, 0.2) is 0 Å². The molecule has 2 heterocycles. The molecule has 0 bridgehead atoms. The summed E-state index contributed by atoms with van der Waals surface area (Å²) in [7, 11) is 0.